The SMILES string of the molecule is C=CC(=O)N(CC)CC(=O)N1CCC(n2nnc3c2CCCC3)CC1. The van der Waals surface area contributed by atoms with Crippen molar-refractivity contribution in [1.29, 1.82) is 0 Å². The minimum Gasteiger partial charge on any atom is -0.341 e. The van der Waals surface area contributed by atoms with Gasteiger partial charge in [0.2, 0.25) is 11.8 Å². The van der Waals surface area contributed by atoms with E-state index < -0.39 is 0 Å². The van der Waals surface area contributed by atoms with Gasteiger partial charge in [-0.25, -0.2) is 4.68 Å². The lowest BCUT2D eigenvalue weighted by Gasteiger charge is -2.34. The van der Waals surface area contributed by atoms with Gasteiger partial charge in [0.05, 0.1) is 24.0 Å². The molecule has 1 aromatic rings. The molecule has 1 aliphatic heterocycles. The molecule has 0 bridgehead atoms. The lowest BCUT2D eigenvalue weighted by Crippen LogP contribution is -2.45. The summed E-state index contributed by atoms with van der Waals surface area (Å²) in [5.74, 6) is -0.184. The van der Waals surface area contributed by atoms with Gasteiger partial charge in [-0.15, -0.1) is 5.10 Å². The number of likely N-dealkylation sites (N-methyl/N-ethyl adjacent to an activating group) is 1. The molecule has 2 heterocycles. The fourth-order valence-corrected chi connectivity index (χ4v) is 3.78. The second kappa shape index (κ2) is 7.80. The average molecular weight is 345 g/mol. The van der Waals surface area contributed by atoms with Crippen LogP contribution in [0.3, 0.4) is 0 Å². The second-order valence-corrected chi connectivity index (χ2v) is 6.80. The Morgan fingerprint density at radius 3 is 2.68 bits per heavy atom. The van der Waals surface area contributed by atoms with Gasteiger partial charge in [-0.05, 0) is 51.5 Å². The van der Waals surface area contributed by atoms with Gasteiger partial charge in [0.25, 0.3) is 0 Å². The molecule has 0 unspecified atom stereocenters. The number of likely N-dealkylation sites (tertiary alicyclic amines) is 1. The third-order valence-corrected chi connectivity index (χ3v) is 5.31. The number of carbonyl (C=O) groups is 2. The van der Waals surface area contributed by atoms with Crippen LogP contribution in [0.2, 0.25) is 0 Å². The maximum atomic E-state index is 12.5. The first-order chi connectivity index (χ1) is 12.1. The Morgan fingerprint density at radius 1 is 1.28 bits per heavy atom. The van der Waals surface area contributed by atoms with Crippen molar-refractivity contribution in [3.8, 4) is 0 Å². The summed E-state index contributed by atoms with van der Waals surface area (Å²) in [5, 5.41) is 8.73. The number of hydrogen-bond acceptors (Lipinski definition) is 4. The van der Waals surface area contributed by atoms with Crippen LogP contribution in [0, 0.1) is 0 Å². The van der Waals surface area contributed by atoms with Crippen molar-refractivity contribution in [2.24, 2.45) is 0 Å². The van der Waals surface area contributed by atoms with E-state index in [1.807, 2.05) is 11.8 Å². The highest BCUT2D eigenvalue weighted by Crippen LogP contribution is 2.27. The summed E-state index contributed by atoms with van der Waals surface area (Å²) in [6.07, 6.45) is 7.56. The van der Waals surface area contributed by atoms with E-state index in [0.717, 1.165) is 31.4 Å². The summed E-state index contributed by atoms with van der Waals surface area (Å²) >= 11 is 0. The molecule has 2 aliphatic rings. The van der Waals surface area contributed by atoms with E-state index >= 15 is 0 Å². The van der Waals surface area contributed by atoms with Crippen LogP contribution in [0.25, 0.3) is 0 Å². The largest absolute Gasteiger partial charge is 0.341 e. The molecule has 0 saturated carbocycles. The maximum Gasteiger partial charge on any atom is 0.246 e. The van der Waals surface area contributed by atoms with E-state index in [1.54, 1.807) is 0 Å². The van der Waals surface area contributed by atoms with Gasteiger partial charge in [-0.1, -0.05) is 11.8 Å². The van der Waals surface area contributed by atoms with Crippen molar-refractivity contribution < 1.29 is 9.59 Å². The number of aromatic nitrogens is 3. The monoisotopic (exact) mass is 345 g/mol. The predicted molar refractivity (Wildman–Crippen MR) is 94.0 cm³/mol. The Morgan fingerprint density at radius 2 is 2.00 bits per heavy atom. The van der Waals surface area contributed by atoms with Crippen LogP contribution in [0.4, 0.5) is 0 Å². The molecular weight excluding hydrogens is 318 g/mol. The first-order valence-electron chi connectivity index (χ1n) is 9.26. The van der Waals surface area contributed by atoms with E-state index in [9.17, 15) is 9.59 Å². The summed E-state index contributed by atoms with van der Waals surface area (Å²) < 4.78 is 2.11. The van der Waals surface area contributed by atoms with E-state index in [1.165, 1.54) is 29.5 Å². The molecule has 136 valence electrons. The third kappa shape index (κ3) is 3.75. The summed E-state index contributed by atoms with van der Waals surface area (Å²) in [5.41, 5.74) is 2.45. The maximum absolute atomic E-state index is 12.5. The average Bonchev–Trinajstić information content (AvgIpc) is 3.09. The highest BCUT2D eigenvalue weighted by molar-refractivity contribution is 5.90. The number of carbonyl (C=O) groups excluding carboxylic acids is 2. The molecule has 1 aromatic heterocycles. The van der Waals surface area contributed by atoms with Gasteiger partial charge in [-0.3, -0.25) is 9.59 Å². The number of fused-ring (bicyclic) bond motifs is 1. The number of hydrogen-bond donors (Lipinski definition) is 0. The summed E-state index contributed by atoms with van der Waals surface area (Å²) in [4.78, 5) is 27.6. The van der Waals surface area contributed by atoms with Gasteiger partial charge < -0.3 is 9.80 Å². The summed E-state index contributed by atoms with van der Waals surface area (Å²) in [6, 6.07) is 0.329. The molecule has 1 aliphatic carbocycles. The molecule has 0 spiro atoms. The zero-order valence-corrected chi connectivity index (χ0v) is 15.0. The molecule has 0 aromatic carbocycles. The number of rotatable bonds is 5. The molecule has 1 fully saturated rings. The Labute approximate surface area is 148 Å². The first-order valence-corrected chi connectivity index (χ1v) is 9.26. The lowest BCUT2D eigenvalue weighted by atomic mass is 9.99. The quantitative estimate of drug-likeness (QED) is 0.756. The topological polar surface area (TPSA) is 71.3 Å². The van der Waals surface area contributed by atoms with Crippen molar-refractivity contribution in [3.63, 3.8) is 0 Å². The lowest BCUT2D eigenvalue weighted by molar-refractivity contribution is -0.139. The second-order valence-electron chi connectivity index (χ2n) is 6.80. The van der Waals surface area contributed by atoms with Crippen molar-refractivity contribution in [2.75, 3.05) is 26.2 Å². The molecule has 25 heavy (non-hydrogen) atoms. The molecule has 0 atom stereocenters. The normalized spacial score (nSPS) is 17.9. The zero-order valence-electron chi connectivity index (χ0n) is 15.0. The van der Waals surface area contributed by atoms with Crippen molar-refractivity contribution in [2.45, 2.75) is 51.5 Å². The van der Waals surface area contributed by atoms with Gasteiger partial charge >= 0.3 is 0 Å². The van der Waals surface area contributed by atoms with E-state index in [2.05, 4.69) is 21.6 Å². The van der Waals surface area contributed by atoms with Gasteiger partial charge in [0, 0.05) is 19.6 Å². The fourth-order valence-electron chi connectivity index (χ4n) is 3.78. The molecule has 7 nitrogen and oxygen atoms in total. The summed E-state index contributed by atoms with van der Waals surface area (Å²) in [7, 11) is 0. The van der Waals surface area contributed by atoms with Crippen LogP contribution in [-0.2, 0) is 22.4 Å². The van der Waals surface area contributed by atoms with Crippen molar-refractivity contribution in [1.82, 2.24) is 24.8 Å². The third-order valence-electron chi connectivity index (χ3n) is 5.31. The molecule has 7 heteroatoms. The van der Waals surface area contributed by atoms with Crippen LogP contribution in [0.5, 0.6) is 0 Å². The molecule has 0 radical (unpaired) electrons. The number of piperidine rings is 1. The van der Waals surface area contributed by atoms with Crippen molar-refractivity contribution >= 4 is 11.8 Å². The van der Waals surface area contributed by atoms with E-state index in [-0.39, 0.29) is 18.4 Å². The smallest absolute Gasteiger partial charge is 0.246 e. The minimum atomic E-state index is -0.194. The van der Waals surface area contributed by atoms with Crippen molar-refractivity contribution in [3.05, 3.63) is 24.0 Å². The molecule has 0 N–H and O–H groups in total. The standard InChI is InChI=1S/C18H27N5O2/c1-3-17(24)21(4-2)13-18(25)22-11-9-14(10-12-22)23-16-8-6-5-7-15(16)19-20-23/h3,14H,1,4-13H2,2H3. The van der Waals surface area contributed by atoms with Gasteiger partial charge in [0.1, 0.15) is 0 Å². The molecular formula is C18H27N5O2. The minimum absolute atomic E-state index is 0.0103. The number of amides is 2. The first kappa shape index (κ1) is 17.6. The Balaban J connectivity index is 1.56. The van der Waals surface area contributed by atoms with E-state index in [0.29, 0.717) is 25.7 Å². The van der Waals surface area contributed by atoms with Gasteiger partial charge in [0.15, 0.2) is 0 Å². The molecule has 1 saturated heterocycles. The van der Waals surface area contributed by atoms with Crippen LogP contribution in [-0.4, -0.2) is 62.8 Å². The predicted octanol–water partition coefficient (Wildman–Crippen LogP) is 1.35. The fraction of sp³-hybridized carbons (Fsp3) is 0.667. The van der Waals surface area contributed by atoms with Crippen LogP contribution < -0.4 is 0 Å². The van der Waals surface area contributed by atoms with Gasteiger partial charge in [-0.2, -0.15) is 0 Å². The zero-order chi connectivity index (χ0) is 17.8. The number of aryl methyl sites for hydroxylation is 1. The molecule has 3 rings (SSSR count). The number of nitrogens with zero attached hydrogens (tertiary/aromatic N) is 5. The van der Waals surface area contributed by atoms with E-state index in [4.69, 9.17) is 0 Å². The Bertz CT molecular complexity index is 646. The molecule has 2 amide bonds. The van der Waals surface area contributed by atoms with Crippen LogP contribution >= 0.6 is 0 Å². The summed E-state index contributed by atoms with van der Waals surface area (Å²) in [6.45, 7) is 7.42. The highest BCUT2D eigenvalue weighted by Gasteiger charge is 2.28. The van der Waals surface area contributed by atoms with Crippen LogP contribution in [0.1, 0.15) is 50.0 Å². The van der Waals surface area contributed by atoms with Crippen LogP contribution in [0.15, 0.2) is 12.7 Å². The Kier molecular flexibility index (Phi) is 5.50. The highest BCUT2D eigenvalue weighted by atomic mass is 16.2. The Hall–Kier alpha value is -2.18.